The highest BCUT2D eigenvalue weighted by Crippen LogP contribution is 2.37. The third-order valence-electron chi connectivity index (χ3n) is 6.30. The number of likely N-dealkylation sites (tertiary alicyclic amines) is 1. The van der Waals surface area contributed by atoms with Crippen LogP contribution in [0.5, 0.6) is 0 Å². The second-order valence-corrected chi connectivity index (χ2v) is 9.72. The summed E-state index contributed by atoms with van der Waals surface area (Å²) in [6.45, 7) is 0.920. The van der Waals surface area contributed by atoms with Crippen LogP contribution in [0, 0.1) is 17.2 Å². The van der Waals surface area contributed by atoms with E-state index < -0.39 is 0 Å². The number of aliphatic hydroxyl groups is 1. The van der Waals surface area contributed by atoms with Gasteiger partial charge < -0.3 is 14.7 Å². The van der Waals surface area contributed by atoms with Gasteiger partial charge in [0, 0.05) is 35.1 Å². The van der Waals surface area contributed by atoms with Crippen LogP contribution in [0.1, 0.15) is 45.7 Å². The quantitative estimate of drug-likeness (QED) is 0.628. The van der Waals surface area contributed by atoms with Crippen LogP contribution in [0.2, 0.25) is 0 Å². The zero-order valence-electron chi connectivity index (χ0n) is 18.4. The molecule has 0 saturated carbocycles. The average Bonchev–Trinajstić information content (AvgIpc) is 3.45. The molecular formula is C25H27N3O4S. The minimum absolute atomic E-state index is 0.0348. The van der Waals surface area contributed by atoms with E-state index in [4.69, 9.17) is 4.74 Å². The fourth-order valence-electron chi connectivity index (χ4n) is 4.53. The van der Waals surface area contributed by atoms with Crippen LogP contribution in [0.15, 0.2) is 30.6 Å². The molecule has 8 heteroatoms. The molecule has 3 heterocycles. The number of pyridine rings is 1. The number of carbonyl (C=O) groups is 2. The summed E-state index contributed by atoms with van der Waals surface area (Å²) in [5.74, 6) is 0.138. The number of nitriles is 1. The maximum atomic E-state index is 12.5. The molecule has 2 aromatic heterocycles. The highest BCUT2D eigenvalue weighted by atomic mass is 32.1. The Morgan fingerprint density at radius 2 is 2.27 bits per heavy atom. The smallest absolute Gasteiger partial charge is 0.410 e. The van der Waals surface area contributed by atoms with Crippen LogP contribution < -0.4 is 0 Å². The van der Waals surface area contributed by atoms with Gasteiger partial charge in [-0.25, -0.2) is 4.79 Å². The largest absolute Gasteiger partial charge is 0.449 e. The maximum absolute atomic E-state index is 12.5. The lowest BCUT2D eigenvalue weighted by molar-refractivity contribution is -0.113. The van der Waals surface area contributed by atoms with Crippen LogP contribution in [0.3, 0.4) is 0 Å². The van der Waals surface area contributed by atoms with E-state index in [2.05, 4.69) is 11.1 Å². The number of aromatic nitrogens is 1. The summed E-state index contributed by atoms with van der Waals surface area (Å²) in [5, 5.41) is 19.1. The van der Waals surface area contributed by atoms with Crippen molar-refractivity contribution in [1.29, 1.82) is 5.26 Å². The summed E-state index contributed by atoms with van der Waals surface area (Å²) in [6, 6.07) is 5.86. The molecule has 2 atom stereocenters. The standard InChI is InChI=1S/C25H27N3O4S/c26-13-22-21-8-6-18(16-32-25(31)28-10-2-4-19(28)15-29)11-23(21)33-24(22)12-20(30)7-5-17-3-1-9-27-14-17/h1,3,5,7,9,14,18-19,29H,2,4,6,8,10-12,15-16H2/b7-5+/t18?,19-/m0/s1. The predicted molar refractivity (Wildman–Crippen MR) is 125 cm³/mol. The van der Waals surface area contributed by atoms with E-state index in [9.17, 15) is 20.0 Å². The summed E-state index contributed by atoms with van der Waals surface area (Å²) < 4.78 is 5.56. The normalized spacial score (nSPS) is 19.9. The predicted octanol–water partition coefficient (Wildman–Crippen LogP) is 3.54. The molecule has 1 aliphatic carbocycles. The molecule has 33 heavy (non-hydrogen) atoms. The Bertz CT molecular complexity index is 1070. The Kier molecular flexibility index (Phi) is 7.53. The second-order valence-electron chi connectivity index (χ2n) is 8.53. The van der Waals surface area contributed by atoms with Crippen molar-refractivity contribution < 1.29 is 19.4 Å². The monoisotopic (exact) mass is 465 g/mol. The van der Waals surface area contributed by atoms with Gasteiger partial charge in [0.25, 0.3) is 0 Å². The first-order valence-electron chi connectivity index (χ1n) is 11.3. The summed E-state index contributed by atoms with van der Waals surface area (Å²) in [7, 11) is 0. The van der Waals surface area contributed by atoms with Gasteiger partial charge in [0.15, 0.2) is 5.78 Å². The van der Waals surface area contributed by atoms with Gasteiger partial charge in [0.05, 0.1) is 24.8 Å². The van der Waals surface area contributed by atoms with Crippen molar-refractivity contribution in [2.75, 3.05) is 19.8 Å². The molecule has 1 N–H and O–H groups in total. The van der Waals surface area contributed by atoms with Gasteiger partial charge in [-0.1, -0.05) is 6.07 Å². The Balaban J connectivity index is 1.36. The molecule has 1 fully saturated rings. The van der Waals surface area contributed by atoms with E-state index in [1.54, 1.807) is 23.4 Å². The third-order valence-corrected chi connectivity index (χ3v) is 7.55. The molecule has 0 radical (unpaired) electrons. The number of aliphatic hydroxyl groups excluding tert-OH is 1. The number of thiophene rings is 1. The van der Waals surface area contributed by atoms with Crippen molar-refractivity contribution in [2.45, 2.75) is 44.6 Å². The topological polar surface area (TPSA) is 104 Å². The Morgan fingerprint density at radius 1 is 1.39 bits per heavy atom. The summed E-state index contributed by atoms with van der Waals surface area (Å²) in [4.78, 5) is 32.5. The first kappa shape index (κ1) is 23.1. The van der Waals surface area contributed by atoms with Gasteiger partial charge in [0.2, 0.25) is 0 Å². The molecule has 0 aromatic carbocycles. The highest BCUT2D eigenvalue weighted by molar-refractivity contribution is 7.12. The van der Waals surface area contributed by atoms with Gasteiger partial charge in [-0.05, 0) is 67.4 Å². The van der Waals surface area contributed by atoms with Gasteiger partial charge in [-0.2, -0.15) is 5.26 Å². The lowest BCUT2D eigenvalue weighted by atomic mass is 9.87. The van der Waals surface area contributed by atoms with Crippen molar-refractivity contribution in [3.8, 4) is 6.07 Å². The lowest BCUT2D eigenvalue weighted by Gasteiger charge is -2.25. The number of fused-ring (bicyclic) bond motifs is 1. The van der Waals surface area contributed by atoms with Gasteiger partial charge in [0.1, 0.15) is 6.07 Å². The fourth-order valence-corrected chi connectivity index (χ4v) is 5.96. The van der Waals surface area contributed by atoms with E-state index in [0.29, 0.717) is 18.7 Å². The van der Waals surface area contributed by atoms with Gasteiger partial charge in [-0.3, -0.25) is 9.78 Å². The van der Waals surface area contributed by atoms with E-state index >= 15 is 0 Å². The summed E-state index contributed by atoms with van der Waals surface area (Å²) in [6.07, 6.45) is 10.5. The number of hydrogen-bond donors (Lipinski definition) is 1. The Morgan fingerprint density at radius 3 is 3.03 bits per heavy atom. The highest BCUT2D eigenvalue weighted by Gasteiger charge is 2.31. The van der Waals surface area contributed by atoms with Gasteiger partial charge in [-0.15, -0.1) is 11.3 Å². The first-order chi connectivity index (χ1) is 16.1. The van der Waals surface area contributed by atoms with Crippen LogP contribution in [0.25, 0.3) is 6.08 Å². The second kappa shape index (κ2) is 10.7. The molecule has 4 rings (SSSR count). The van der Waals surface area contributed by atoms with E-state index in [0.717, 1.165) is 53.0 Å². The molecule has 1 aliphatic heterocycles. The van der Waals surface area contributed by atoms with E-state index in [1.165, 1.54) is 17.4 Å². The molecule has 1 saturated heterocycles. The van der Waals surface area contributed by atoms with Crippen LogP contribution >= 0.6 is 11.3 Å². The molecule has 0 spiro atoms. The van der Waals surface area contributed by atoms with Crippen molar-refractivity contribution >= 4 is 29.3 Å². The van der Waals surface area contributed by atoms with E-state index in [-0.39, 0.29) is 36.9 Å². The molecule has 1 unspecified atom stereocenters. The number of amides is 1. The summed E-state index contributed by atoms with van der Waals surface area (Å²) >= 11 is 1.53. The average molecular weight is 466 g/mol. The van der Waals surface area contributed by atoms with Crippen LogP contribution in [0.4, 0.5) is 4.79 Å². The number of ether oxygens (including phenoxy) is 1. The van der Waals surface area contributed by atoms with Crippen LogP contribution in [-0.4, -0.2) is 52.7 Å². The molecule has 172 valence electrons. The molecule has 1 amide bonds. The van der Waals surface area contributed by atoms with Gasteiger partial charge >= 0.3 is 6.09 Å². The molecule has 7 nitrogen and oxygen atoms in total. The first-order valence-corrected chi connectivity index (χ1v) is 12.1. The number of allylic oxidation sites excluding steroid dienone is 1. The number of hydrogen-bond acceptors (Lipinski definition) is 7. The maximum Gasteiger partial charge on any atom is 0.410 e. The van der Waals surface area contributed by atoms with Crippen molar-refractivity contribution in [2.24, 2.45) is 5.92 Å². The van der Waals surface area contributed by atoms with E-state index in [1.807, 2.05) is 12.1 Å². The molecule has 0 bridgehead atoms. The zero-order valence-corrected chi connectivity index (χ0v) is 19.2. The molecule has 2 aromatic rings. The van der Waals surface area contributed by atoms with Crippen molar-refractivity contribution in [3.63, 3.8) is 0 Å². The van der Waals surface area contributed by atoms with Crippen molar-refractivity contribution in [1.82, 2.24) is 9.88 Å². The molecule has 2 aliphatic rings. The zero-order chi connectivity index (χ0) is 23.2. The minimum Gasteiger partial charge on any atom is -0.449 e. The number of nitrogens with zero attached hydrogens (tertiary/aromatic N) is 3. The summed E-state index contributed by atoms with van der Waals surface area (Å²) in [5.41, 5.74) is 2.54. The fraction of sp³-hybridized carbons (Fsp3) is 0.440. The SMILES string of the molecule is N#Cc1c(CC(=O)/C=C/c2cccnc2)sc2c1CCC(COC(=O)N1CCC[C@H]1CO)C2. The molecular weight excluding hydrogens is 438 g/mol. The number of carbonyl (C=O) groups excluding carboxylic acids is 2. The minimum atomic E-state index is -0.354. The lowest BCUT2D eigenvalue weighted by Crippen LogP contribution is -2.38. The Hall–Kier alpha value is -3.02. The Labute approximate surface area is 197 Å². The van der Waals surface area contributed by atoms with Crippen LogP contribution in [-0.2, 0) is 28.8 Å². The van der Waals surface area contributed by atoms with Crippen molar-refractivity contribution in [3.05, 3.63) is 57.0 Å². The third kappa shape index (κ3) is 5.49. The number of ketones is 1. The number of rotatable bonds is 7.